The fourth-order valence-corrected chi connectivity index (χ4v) is 3.37. The lowest BCUT2D eigenvalue weighted by atomic mass is 10.1. The highest BCUT2D eigenvalue weighted by molar-refractivity contribution is 5.67. The van der Waals surface area contributed by atoms with Crippen LogP contribution in [0.2, 0.25) is 0 Å². The van der Waals surface area contributed by atoms with Gasteiger partial charge in [-0.25, -0.2) is 0 Å². The molecule has 36 heavy (non-hydrogen) atoms. The first-order chi connectivity index (χ1) is 17.1. The highest BCUT2D eigenvalue weighted by atomic mass is 19.4. The normalized spacial score (nSPS) is 12.2. The zero-order valence-corrected chi connectivity index (χ0v) is 17.8. The molecule has 0 saturated carbocycles. The van der Waals surface area contributed by atoms with E-state index in [4.69, 9.17) is 9.05 Å². The molecule has 0 bridgehead atoms. The van der Waals surface area contributed by atoms with Crippen LogP contribution in [0.5, 0.6) is 0 Å². The van der Waals surface area contributed by atoms with Crippen LogP contribution in [0, 0.1) is 0 Å². The predicted molar refractivity (Wildman–Crippen MR) is 114 cm³/mol. The van der Waals surface area contributed by atoms with Crippen LogP contribution in [0.4, 0.5) is 26.3 Å². The first kappa shape index (κ1) is 23.3. The van der Waals surface area contributed by atoms with Gasteiger partial charge in [-0.05, 0) is 42.5 Å². The topological polar surface area (TPSA) is 77.8 Å². The van der Waals surface area contributed by atoms with Gasteiger partial charge in [0.15, 0.2) is 0 Å². The molecule has 5 aromatic rings. The van der Waals surface area contributed by atoms with Gasteiger partial charge in [-0.2, -0.15) is 36.3 Å². The molecule has 182 valence electrons. The number of rotatable bonds is 4. The summed E-state index contributed by atoms with van der Waals surface area (Å²) in [6.07, 6.45) is -9.04. The van der Waals surface area contributed by atoms with E-state index < -0.39 is 23.5 Å². The summed E-state index contributed by atoms with van der Waals surface area (Å²) < 4.78 is 88.5. The molecule has 0 radical (unpaired) electrons. The molecule has 5 rings (SSSR count). The molecule has 0 fully saturated rings. The van der Waals surface area contributed by atoms with Gasteiger partial charge in [0, 0.05) is 22.3 Å². The summed E-state index contributed by atoms with van der Waals surface area (Å²) in [5.41, 5.74) is -0.617. The van der Waals surface area contributed by atoms with Crippen LogP contribution in [0.25, 0.3) is 45.7 Å². The fourth-order valence-electron chi connectivity index (χ4n) is 3.37. The highest BCUT2D eigenvalue weighted by Crippen LogP contribution is 2.34. The summed E-state index contributed by atoms with van der Waals surface area (Å²) in [6, 6.07) is 15.5. The Morgan fingerprint density at radius 2 is 0.889 bits per heavy atom. The molecule has 0 atom stereocenters. The molecule has 0 saturated heterocycles. The van der Waals surface area contributed by atoms with Crippen LogP contribution in [0.3, 0.4) is 0 Å². The van der Waals surface area contributed by atoms with Crippen molar-refractivity contribution in [2.45, 2.75) is 12.4 Å². The molecule has 3 aromatic carbocycles. The molecule has 12 heteroatoms. The Hall–Kier alpha value is -4.48. The summed E-state index contributed by atoms with van der Waals surface area (Å²) >= 11 is 0. The molecule has 0 aliphatic carbocycles. The molecular formula is C24H12F6N4O2. The van der Waals surface area contributed by atoms with Crippen molar-refractivity contribution in [3.63, 3.8) is 0 Å². The predicted octanol–water partition coefficient (Wildman–Crippen LogP) is 7.16. The van der Waals surface area contributed by atoms with Crippen LogP contribution in [0.15, 0.2) is 81.8 Å². The number of alkyl halides is 6. The molecule has 2 aromatic heterocycles. The molecule has 0 spiro atoms. The smallest absolute Gasteiger partial charge is 0.334 e. The van der Waals surface area contributed by atoms with E-state index in [1.807, 2.05) is 0 Å². The van der Waals surface area contributed by atoms with Crippen molar-refractivity contribution in [3.05, 3.63) is 83.9 Å². The summed E-state index contributed by atoms with van der Waals surface area (Å²) in [7, 11) is 0. The van der Waals surface area contributed by atoms with Crippen LogP contribution in [-0.2, 0) is 12.4 Å². The number of hydrogen-bond acceptors (Lipinski definition) is 6. The van der Waals surface area contributed by atoms with Gasteiger partial charge >= 0.3 is 12.4 Å². The molecule has 0 amide bonds. The van der Waals surface area contributed by atoms with Gasteiger partial charge in [-0.3, -0.25) is 0 Å². The Morgan fingerprint density at radius 3 is 1.31 bits per heavy atom. The first-order valence-electron chi connectivity index (χ1n) is 10.2. The molecule has 0 N–H and O–H groups in total. The third-order valence-electron chi connectivity index (χ3n) is 5.10. The second kappa shape index (κ2) is 8.63. The molecule has 2 heterocycles. The first-order valence-corrected chi connectivity index (χ1v) is 10.2. The van der Waals surface area contributed by atoms with Crippen LogP contribution < -0.4 is 0 Å². The Morgan fingerprint density at radius 1 is 0.500 bits per heavy atom. The Labute approximate surface area is 198 Å². The minimum atomic E-state index is -4.52. The van der Waals surface area contributed by atoms with E-state index >= 15 is 0 Å². The minimum Gasteiger partial charge on any atom is -0.334 e. The zero-order valence-electron chi connectivity index (χ0n) is 17.8. The van der Waals surface area contributed by atoms with Crippen molar-refractivity contribution in [2.24, 2.45) is 0 Å². The van der Waals surface area contributed by atoms with E-state index in [0.29, 0.717) is 11.1 Å². The van der Waals surface area contributed by atoms with Crippen LogP contribution in [0.1, 0.15) is 11.1 Å². The number of aromatic nitrogens is 4. The third kappa shape index (κ3) is 4.69. The van der Waals surface area contributed by atoms with Crippen molar-refractivity contribution in [3.8, 4) is 45.7 Å². The summed E-state index contributed by atoms with van der Waals surface area (Å²) in [4.78, 5) is 8.35. The second-order valence-corrected chi connectivity index (χ2v) is 7.58. The summed E-state index contributed by atoms with van der Waals surface area (Å²) in [5, 5.41) is 7.53. The lowest BCUT2D eigenvalue weighted by Gasteiger charge is -2.06. The van der Waals surface area contributed by atoms with E-state index in [1.165, 1.54) is 24.3 Å². The number of halogens is 6. The lowest BCUT2D eigenvalue weighted by Crippen LogP contribution is -2.04. The second-order valence-electron chi connectivity index (χ2n) is 7.58. The van der Waals surface area contributed by atoms with Crippen LogP contribution >= 0.6 is 0 Å². The van der Waals surface area contributed by atoms with Crippen molar-refractivity contribution in [1.82, 2.24) is 20.3 Å². The van der Waals surface area contributed by atoms with E-state index in [1.54, 1.807) is 24.3 Å². The number of hydrogen-bond donors (Lipinski definition) is 0. The van der Waals surface area contributed by atoms with E-state index in [-0.39, 0.29) is 34.6 Å². The Kier molecular flexibility index (Phi) is 5.58. The van der Waals surface area contributed by atoms with Gasteiger partial charge in [-0.1, -0.05) is 40.6 Å². The summed E-state index contributed by atoms with van der Waals surface area (Å²) in [6.45, 7) is 0. The lowest BCUT2D eigenvalue weighted by molar-refractivity contribution is -0.138. The summed E-state index contributed by atoms with van der Waals surface area (Å²) in [5.74, 6) is -0.0130. The zero-order chi connectivity index (χ0) is 25.5. The average Bonchev–Trinajstić information content (AvgIpc) is 3.54. The van der Waals surface area contributed by atoms with Gasteiger partial charge in [0.1, 0.15) is 0 Å². The number of nitrogens with zero attached hydrogens (tertiary/aromatic N) is 4. The van der Waals surface area contributed by atoms with Gasteiger partial charge in [-0.15, -0.1) is 0 Å². The maximum atomic E-state index is 13.0. The quantitative estimate of drug-likeness (QED) is 0.243. The van der Waals surface area contributed by atoms with Gasteiger partial charge in [0.05, 0.1) is 11.1 Å². The Balaban J connectivity index is 1.42. The molecule has 0 unspecified atom stereocenters. The van der Waals surface area contributed by atoms with Gasteiger partial charge in [0.2, 0.25) is 11.6 Å². The Bertz CT molecular complexity index is 1430. The van der Waals surface area contributed by atoms with Crippen molar-refractivity contribution >= 4 is 0 Å². The van der Waals surface area contributed by atoms with E-state index in [9.17, 15) is 26.3 Å². The van der Waals surface area contributed by atoms with E-state index in [0.717, 1.165) is 24.3 Å². The minimum absolute atomic E-state index is 0.0295. The standard InChI is InChI=1S/C24H12F6N4O2/c25-23(26,27)17-8-2-4-13(11-17)19-31-21(35-33-19)15-6-1-7-16(10-15)22-32-20(34-36-22)14-5-3-9-18(12-14)24(28,29)30/h1-12H. The fraction of sp³-hybridized carbons (Fsp3) is 0.0833. The highest BCUT2D eigenvalue weighted by Gasteiger charge is 2.31. The SMILES string of the molecule is FC(F)(F)c1cccc(-c2noc(-c3cccc(-c4nc(-c5cccc(C(F)(F)F)c5)no4)c3)n2)c1. The maximum absolute atomic E-state index is 13.0. The van der Waals surface area contributed by atoms with Crippen molar-refractivity contribution in [2.75, 3.05) is 0 Å². The van der Waals surface area contributed by atoms with Crippen molar-refractivity contribution < 1.29 is 35.4 Å². The molecule has 6 nitrogen and oxygen atoms in total. The molecule has 0 aliphatic rings. The third-order valence-corrected chi connectivity index (χ3v) is 5.10. The van der Waals surface area contributed by atoms with Gasteiger partial charge < -0.3 is 9.05 Å². The van der Waals surface area contributed by atoms with Crippen molar-refractivity contribution in [1.29, 1.82) is 0 Å². The maximum Gasteiger partial charge on any atom is 0.416 e. The number of benzene rings is 3. The van der Waals surface area contributed by atoms with Crippen LogP contribution in [-0.4, -0.2) is 20.3 Å². The monoisotopic (exact) mass is 502 g/mol. The van der Waals surface area contributed by atoms with E-state index in [2.05, 4.69) is 20.3 Å². The molecular weight excluding hydrogens is 490 g/mol. The van der Waals surface area contributed by atoms with Gasteiger partial charge in [0.25, 0.3) is 11.8 Å². The average molecular weight is 502 g/mol. The molecule has 0 aliphatic heterocycles. The largest absolute Gasteiger partial charge is 0.416 e.